The molecule has 1 fully saturated rings. The lowest BCUT2D eigenvalue weighted by molar-refractivity contribution is -0.159. The third kappa shape index (κ3) is 5.27. The second kappa shape index (κ2) is 9.01. The molecule has 1 saturated heterocycles. The van der Waals surface area contributed by atoms with Gasteiger partial charge in [0, 0.05) is 19.3 Å². The summed E-state index contributed by atoms with van der Waals surface area (Å²) < 4.78 is 19.7. The molecule has 0 spiro atoms. The molecule has 8 nitrogen and oxygen atoms in total. The fraction of sp³-hybridized carbons (Fsp3) is 0.435. The Morgan fingerprint density at radius 1 is 1.30 bits per heavy atom. The van der Waals surface area contributed by atoms with Crippen molar-refractivity contribution >= 4 is 39.4 Å². The molecule has 1 unspecified atom stereocenters. The van der Waals surface area contributed by atoms with Crippen LogP contribution in [-0.4, -0.2) is 50.4 Å². The number of anilines is 1. The number of nitrogens with zero attached hydrogens (tertiary/aromatic N) is 4. The molecule has 0 saturated carbocycles. The number of rotatable bonds is 5. The lowest BCUT2D eigenvalue weighted by Gasteiger charge is -2.22. The minimum Gasteiger partial charge on any atom is -0.460 e. The van der Waals surface area contributed by atoms with E-state index >= 15 is 0 Å². The highest BCUT2D eigenvalue weighted by Crippen LogP contribution is 2.28. The van der Waals surface area contributed by atoms with Crippen LogP contribution in [0.2, 0.25) is 0 Å². The van der Waals surface area contributed by atoms with Gasteiger partial charge in [-0.25, -0.2) is 14.4 Å². The third-order valence-corrected chi connectivity index (χ3v) is 6.20. The van der Waals surface area contributed by atoms with Gasteiger partial charge in [0.2, 0.25) is 5.95 Å². The first-order valence-corrected chi connectivity index (χ1v) is 11.6. The van der Waals surface area contributed by atoms with Crippen LogP contribution < -0.4 is 5.32 Å². The Morgan fingerprint density at radius 3 is 2.82 bits per heavy atom. The minimum absolute atomic E-state index is 0.251. The number of carbonyl (C=O) groups is 2. The summed E-state index contributed by atoms with van der Waals surface area (Å²) in [5.74, 6) is -1.06. The van der Waals surface area contributed by atoms with Crippen LogP contribution in [0.15, 0.2) is 29.9 Å². The summed E-state index contributed by atoms with van der Waals surface area (Å²) in [4.78, 5) is 40.3. The van der Waals surface area contributed by atoms with Gasteiger partial charge < -0.3 is 15.0 Å². The number of pyridine rings is 1. The smallest absolute Gasteiger partial charge is 0.311 e. The number of ether oxygens (including phenoxy) is 1. The number of hydrogen-bond acceptors (Lipinski definition) is 8. The number of likely N-dealkylation sites (tertiary alicyclic amines) is 1. The van der Waals surface area contributed by atoms with Gasteiger partial charge in [-0.1, -0.05) is 0 Å². The number of thiophene rings is 1. The van der Waals surface area contributed by atoms with E-state index in [1.54, 1.807) is 11.1 Å². The molecule has 10 heteroatoms. The second-order valence-electron chi connectivity index (χ2n) is 9.10. The van der Waals surface area contributed by atoms with Crippen LogP contribution >= 0.6 is 11.3 Å². The standard InChI is InChI=1S/C23H26FN5O3S/c1-13(15-9-16(24)11-25-10-15)26-22-27-17-6-8-33-19(17)18(28-22)20(30)29-7-5-14(12-29)21(31)32-23(2,3)4/h6,8-11,13-14H,5,7,12H2,1-4H3,(H,26,27,28)/t13-,14?/m0/s1. The molecule has 3 aromatic heterocycles. The Bertz CT molecular complexity index is 1190. The quantitative estimate of drug-likeness (QED) is 0.557. The number of fused-ring (bicyclic) bond motifs is 1. The molecule has 0 bridgehead atoms. The molecule has 0 radical (unpaired) electrons. The lowest BCUT2D eigenvalue weighted by atomic mass is 10.1. The van der Waals surface area contributed by atoms with Crippen LogP contribution in [0.3, 0.4) is 0 Å². The zero-order valence-electron chi connectivity index (χ0n) is 19.0. The molecule has 4 rings (SSSR count). The van der Waals surface area contributed by atoms with E-state index in [4.69, 9.17) is 4.74 Å². The van der Waals surface area contributed by atoms with Crippen molar-refractivity contribution in [1.29, 1.82) is 0 Å². The fourth-order valence-electron chi connectivity index (χ4n) is 3.69. The van der Waals surface area contributed by atoms with Gasteiger partial charge in [-0.3, -0.25) is 14.6 Å². The van der Waals surface area contributed by atoms with Gasteiger partial charge in [0.15, 0.2) is 5.69 Å². The van der Waals surface area contributed by atoms with E-state index < -0.39 is 11.4 Å². The first kappa shape index (κ1) is 23.0. The molecule has 0 aliphatic carbocycles. The molecule has 1 aliphatic rings. The van der Waals surface area contributed by atoms with E-state index in [1.807, 2.05) is 39.1 Å². The lowest BCUT2D eigenvalue weighted by Crippen LogP contribution is -2.33. The van der Waals surface area contributed by atoms with Crippen LogP contribution in [0.4, 0.5) is 10.3 Å². The second-order valence-corrected chi connectivity index (χ2v) is 10.0. The third-order valence-electron chi connectivity index (χ3n) is 5.29. The molecule has 2 atom stereocenters. The Kier molecular flexibility index (Phi) is 6.29. The maximum atomic E-state index is 13.6. The summed E-state index contributed by atoms with van der Waals surface area (Å²) in [6.07, 6.45) is 3.26. The highest BCUT2D eigenvalue weighted by Gasteiger charge is 2.35. The van der Waals surface area contributed by atoms with E-state index in [1.165, 1.54) is 17.4 Å². The van der Waals surface area contributed by atoms with E-state index in [0.717, 1.165) is 6.20 Å². The summed E-state index contributed by atoms with van der Waals surface area (Å²) in [5.41, 5.74) is 0.996. The molecular formula is C23H26FN5O3S. The maximum absolute atomic E-state index is 13.6. The van der Waals surface area contributed by atoms with Crippen molar-refractivity contribution in [1.82, 2.24) is 19.9 Å². The molecule has 33 heavy (non-hydrogen) atoms. The van der Waals surface area contributed by atoms with E-state index in [0.29, 0.717) is 35.3 Å². The first-order chi connectivity index (χ1) is 15.6. The van der Waals surface area contributed by atoms with Crippen molar-refractivity contribution in [3.8, 4) is 0 Å². The molecule has 1 amide bonds. The predicted molar refractivity (Wildman–Crippen MR) is 124 cm³/mol. The van der Waals surface area contributed by atoms with E-state index in [9.17, 15) is 14.0 Å². The summed E-state index contributed by atoms with van der Waals surface area (Å²) in [6, 6.07) is 2.89. The number of hydrogen-bond donors (Lipinski definition) is 1. The van der Waals surface area contributed by atoms with Crippen molar-refractivity contribution in [2.45, 2.75) is 45.8 Å². The van der Waals surface area contributed by atoms with Crippen LogP contribution in [0, 0.1) is 11.7 Å². The molecule has 1 N–H and O–H groups in total. The number of esters is 1. The number of carbonyl (C=O) groups excluding carboxylic acids is 2. The zero-order valence-corrected chi connectivity index (χ0v) is 19.8. The highest BCUT2D eigenvalue weighted by atomic mass is 32.1. The molecule has 1 aliphatic heterocycles. The number of nitrogens with one attached hydrogen (secondary N) is 1. The van der Waals surface area contributed by atoms with Crippen LogP contribution in [0.25, 0.3) is 10.2 Å². The van der Waals surface area contributed by atoms with Gasteiger partial charge in [-0.2, -0.15) is 0 Å². The van der Waals surface area contributed by atoms with Gasteiger partial charge in [0.25, 0.3) is 5.91 Å². The highest BCUT2D eigenvalue weighted by molar-refractivity contribution is 7.17. The van der Waals surface area contributed by atoms with Crippen molar-refractivity contribution in [2.75, 3.05) is 18.4 Å². The molecule has 4 heterocycles. The maximum Gasteiger partial charge on any atom is 0.311 e. The van der Waals surface area contributed by atoms with Crippen molar-refractivity contribution in [3.63, 3.8) is 0 Å². The summed E-state index contributed by atoms with van der Waals surface area (Å²) in [5, 5.41) is 4.99. The van der Waals surface area contributed by atoms with Crippen molar-refractivity contribution in [2.24, 2.45) is 5.92 Å². The van der Waals surface area contributed by atoms with Crippen LogP contribution in [0.5, 0.6) is 0 Å². The van der Waals surface area contributed by atoms with E-state index in [2.05, 4.69) is 20.3 Å². The van der Waals surface area contributed by atoms with Gasteiger partial charge in [-0.05, 0) is 57.2 Å². The Hall–Kier alpha value is -3.14. The monoisotopic (exact) mass is 471 g/mol. The summed E-state index contributed by atoms with van der Waals surface area (Å²) in [7, 11) is 0. The number of aromatic nitrogens is 3. The predicted octanol–water partition coefficient (Wildman–Crippen LogP) is 4.20. The normalized spacial score (nSPS) is 17.2. The summed E-state index contributed by atoms with van der Waals surface area (Å²) in [6.45, 7) is 8.06. The average molecular weight is 472 g/mol. The van der Waals surface area contributed by atoms with Gasteiger partial charge in [0.05, 0.1) is 28.4 Å². The Labute approximate surface area is 195 Å². The Morgan fingerprint density at radius 2 is 2.09 bits per heavy atom. The van der Waals surface area contributed by atoms with Gasteiger partial charge >= 0.3 is 5.97 Å². The van der Waals surface area contributed by atoms with Crippen LogP contribution in [-0.2, 0) is 9.53 Å². The van der Waals surface area contributed by atoms with Gasteiger partial charge in [0.1, 0.15) is 11.4 Å². The fourth-order valence-corrected chi connectivity index (χ4v) is 4.50. The first-order valence-electron chi connectivity index (χ1n) is 10.7. The summed E-state index contributed by atoms with van der Waals surface area (Å²) >= 11 is 1.39. The Balaban J connectivity index is 1.54. The molecule has 174 valence electrons. The average Bonchev–Trinajstić information content (AvgIpc) is 3.41. The number of amides is 1. The SMILES string of the molecule is C[C@H](Nc1nc(C(=O)N2CCC(C(=O)OC(C)(C)C)C2)c2sccc2n1)c1cncc(F)c1. The van der Waals surface area contributed by atoms with Crippen LogP contribution in [0.1, 0.15) is 56.2 Å². The van der Waals surface area contributed by atoms with Crippen molar-refractivity contribution < 1.29 is 18.7 Å². The molecular weight excluding hydrogens is 445 g/mol. The molecule has 0 aromatic carbocycles. The minimum atomic E-state index is -0.571. The van der Waals surface area contributed by atoms with Gasteiger partial charge in [-0.15, -0.1) is 11.3 Å². The zero-order chi connectivity index (χ0) is 23.8. The molecule has 3 aromatic rings. The largest absolute Gasteiger partial charge is 0.460 e. The van der Waals surface area contributed by atoms with E-state index in [-0.39, 0.29) is 35.5 Å². The number of halogens is 1. The van der Waals surface area contributed by atoms with Crippen molar-refractivity contribution in [3.05, 3.63) is 47.0 Å². The topological polar surface area (TPSA) is 97.3 Å².